The third-order valence-corrected chi connectivity index (χ3v) is 2.94. The van der Waals surface area contributed by atoms with Crippen LogP contribution in [-0.2, 0) is 4.74 Å². The SMILES string of the molecule is Cc1ccc(/C=C/CCN2CCOCC2)nc1. The molecule has 0 radical (unpaired) electrons. The van der Waals surface area contributed by atoms with E-state index in [1.807, 2.05) is 6.20 Å². The average Bonchev–Trinajstić information content (AvgIpc) is 2.38. The lowest BCUT2D eigenvalue weighted by Crippen LogP contribution is -2.36. The Labute approximate surface area is 103 Å². The van der Waals surface area contributed by atoms with E-state index in [-0.39, 0.29) is 0 Å². The van der Waals surface area contributed by atoms with Crippen LogP contribution in [0.2, 0.25) is 0 Å². The normalized spacial score (nSPS) is 17.7. The number of morpholine rings is 1. The van der Waals surface area contributed by atoms with Gasteiger partial charge in [-0.3, -0.25) is 9.88 Å². The second-order valence-corrected chi connectivity index (χ2v) is 4.41. The van der Waals surface area contributed by atoms with E-state index >= 15 is 0 Å². The van der Waals surface area contributed by atoms with Crippen LogP contribution in [0, 0.1) is 6.92 Å². The summed E-state index contributed by atoms with van der Waals surface area (Å²) in [6.07, 6.45) is 7.28. The zero-order chi connectivity index (χ0) is 11.9. The van der Waals surface area contributed by atoms with Gasteiger partial charge in [0.05, 0.1) is 18.9 Å². The van der Waals surface area contributed by atoms with Crippen LogP contribution < -0.4 is 0 Å². The van der Waals surface area contributed by atoms with Gasteiger partial charge in [0.2, 0.25) is 0 Å². The van der Waals surface area contributed by atoms with E-state index in [0.717, 1.165) is 45.0 Å². The highest BCUT2D eigenvalue weighted by Crippen LogP contribution is 2.03. The van der Waals surface area contributed by atoms with Gasteiger partial charge >= 0.3 is 0 Å². The van der Waals surface area contributed by atoms with Gasteiger partial charge in [0.25, 0.3) is 0 Å². The Bertz CT molecular complexity index is 353. The molecular formula is C14H20N2O. The molecule has 0 aromatic carbocycles. The Morgan fingerprint density at radius 3 is 2.88 bits per heavy atom. The van der Waals surface area contributed by atoms with Crippen molar-refractivity contribution in [3.63, 3.8) is 0 Å². The van der Waals surface area contributed by atoms with Crippen molar-refractivity contribution in [2.75, 3.05) is 32.8 Å². The summed E-state index contributed by atoms with van der Waals surface area (Å²) in [7, 11) is 0. The third-order valence-electron chi connectivity index (χ3n) is 2.94. The van der Waals surface area contributed by atoms with E-state index in [0.29, 0.717) is 0 Å². The van der Waals surface area contributed by atoms with Crippen molar-refractivity contribution in [1.82, 2.24) is 9.88 Å². The fourth-order valence-electron chi connectivity index (χ4n) is 1.86. The van der Waals surface area contributed by atoms with Crippen LogP contribution in [0.3, 0.4) is 0 Å². The summed E-state index contributed by atoms with van der Waals surface area (Å²) in [6.45, 7) is 7.06. The number of rotatable bonds is 4. The fraction of sp³-hybridized carbons (Fsp3) is 0.500. The van der Waals surface area contributed by atoms with Gasteiger partial charge in [0, 0.05) is 25.8 Å². The molecule has 2 heterocycles. The summed E-state index contributed by atoms with van der Waals surface area (Å²) in [4.78, 5) is 6.78. The number of aromatic nitrogens is 1. The van der Waals surface area contributed by atoms with Gasteiger partial charge in [-0.1, -0.05) is 12.1 Å². The molecule has 1 aromatic heterocycles. The van der Waals surface area contributed by atoms with Crippen LogP contribution >= 0.6 is 0 Å². The van der Waals surface area contributed by atoms with Gasteiger partial charge in [-0.25, -0.2) is 0 Å². The van der Waals surface area contributed by atoms with Crippen molar-refractivity contribution >= 4 is 6.08 Å². The number of nitrogens with zero attached hydrogens (tertiary/aromatic N) is 2. The highest BCUT2D eigenvalue weighted by Gasteiger charge is 2.07. The number of aryl methyl sites for hydroxylation is 1. The molecule has 0 amide bonds. The Morgan fingerprint density at radius 2 is 2.18 bits per heavy atom. The van der Waals surface area contributed by atoms with Gasteiger partial charge < -0.3 is 4.74 Å². The predicted molar refractivity (Wildman–Crippen MR) is 69.9 cm³/mol. The number of pyridine rings is 1. The van der Waals surface area contributed by atoms with E-state index in [9.17, 15) is 0 Å². The maximum atomic E-state index is 5.32. The first-order valence-corrected chi connectivity index (χ1v) is 6.24. The molecule has 92 valence electrons. The molecule has 1 saturated heterocycles. The van der Waals surface area contributed by atoms with Crippen molar-refractivity contribution in [1.29, 1.82) is 0 Å². The number of hydrogen-bond acceptors (Lipinski definition) is 3. The molecule has 1 aliphatic rings. The van der Waals surface area contributed by atoms with E-state index in [1.54, 1.807) is 0 Å². The summed E-state index contributed by atoms with van der Waals surface area (Å²) in [5.74, 6) is 0. The maximum absolute atomic E-state index is 5.32. The predicted octanol–water partition coefficient (Wildman–Crippen LogP) is 2.13. The molecule has 0 bridgehead atoms. The van der Waals surface area contributed by atoms with Gasteiger partial charge in [-0.2, -0.15) is 0 Å². The average molecular weight is 232 g/mol. The second kappa shape index (κ2) is 6.52. The van der Waals surface area contributed by atoms with Crippen LogP contribution in [0.4, 0.5) is 0 Å². The van der Waals surface area contributed by atoms with Crippen molar-refractivity contribution in [2.45, 2.75) is 13.3 Å². The first-order valence-electron chi connectivity index (χ1n) is 6.24. The van der Waals surface area contributed by atoms with Crippen molar-refractivity contribution in [2.24, 2.45) is 0 Å². The Hall–Kier alpha value is -1.19. The number of ether oxygens (including phenoxy) is 1. The molecule has 0 N–H and O–H groups in total. The highest BCUT2D eigenvalue weighted by molar-refractivity contribution is 5.44. The smallest absolute Gasteiger partial charge is 0.0626 e. The Kier molecular flexibility index (Phi) is 4.71. The largest absolute Gasteiger partial charge is 0.379 e. The quantitative estimate of drug-likeness (QED) is 0.795. The topological polar surface area (TPSA) is 25.4 Å². The van der Waals surface area contributed by atoms with Crippen molar-refractivity contribution in [3.8, 4) is 0 Å². The minimum absolute atomic E-state index is 0.878. The molecule has 3 heteroatoms. The molecule has 1 fully saturated rings. The molecular weight excluding hydrogens is 212 g/mol. The summed E-state index contributed by atoms with van der Waals surface area (Å²) in [5, 5.41) is 0. The highest BCUT2D eigenvalue weighted by atomic mass is 16.5. The van der Waals surface area contributed by atoms with E-state index in [4.69, 9.17) is 4.74 Å². The first kappa shape index (κ1) is 12.3. The van der Waals surface area contributed by atoms with Gasteiger partial charge in [-0.05, 0) is 31.1 Å². The van der Waals surface area contributed by atoms with Gasteiger partial charge in [-0.15, -0.1) is 0 Å². The van der Waals surface area contributed by atoms with Crippen LogP contribution in [0.15, 0.2) is 24.4 Å². The molecule has 0 saturated carbocycles. The monoisotopic (exact) mass is 232 g/mol. The molecule has 1 aromatic rings. The minimum Gasteiger partial charge on any atom is -0.379 e. The standard InChI is InChI=1S/C14H20N2O/c1-13-5-6-14(15-12-13)4-2-3-7-16-8-10-17-11-9-16/h2,4-6,12H,3,7-11H2,1H3/b4-2+. The number of hydrogen-bond donors (Lipinski definition) is 0. The summed E-state index contributed by atoms with van der Waals surface area (Å²) < 4.78 is 5.32. The van der Waals surface area contributed by atoms with Crippen LogP contribution in [0.1, 0.15) is 17.7 Å². The third kappa shape index (κ3) is 4.29. The molecule has 0 unspecified atom stereocenters. The minimum atomic E-state index is 0.878. The van der Waals surface area contributed by atoms with Crippen molar-refractivity contribution in [3.05, 3.63) is 35.7 Å². The van der Waals surface area contributed by atoms with E-state index in [2.05, 4.69) is 41.1 Å². The summed E-state index contributed by atoms with van der Waals surface area (Å²) in [5.41, 5.74) is 2.24. The van der Waals surface area contributed by atoms with E-state index < -0.39 is 0 Å². The molecule has 0 aliphatic carbocycles. The Balaban J connectivity index is 1.72. The molecule has 3 nitrogen and oxygen atoms in total. The molecule has 0 atom stereocenters. The molecule has 0 spiro atoms. The lowest BCUT2D eigenvalue weighted by atomic mass is 10.2. The summed E-state index contributed by atoms with van der Waals surface area (Å²) in [6, 6.07) is 4.15. The lowest BCUT2D eigenvalue weighted by molar-refractivity contribution is 0.0387. The molecule has 17 heavy (non-hydrogen) atoms. The van der Waals surface area contributed by atoms with Crippen LogP contribution in [-0.4, -0.2) is 42.7 Å². The van der Waals surface area contributed by atoms with Crippen LogP contribution in [0.25, 0.3) is 6.08 Å². The van der Waals surface area contributed by atoms with Gasteiger partial charge in [0.15, 0.2) is 0 Å². The molecule has 2 rings (SSSR count). The van der Waals surface area contributed by atoms with E-state index in [1.165, 1.54) is 5.56 Å². The zero-order valence-corrected chi connectivity index (χ0v) is 10.4. The van der Waals surface area contributed by atoms with Crippen molar-refractivity contribution < 1.29 is 4.74 Å². The first-order chi connectivity index (χ1) is 8.34. The molecule has 1 aliphatic heterocycles. The lowest BCUT2D eigenvalue weighted by Gasteiger charge is -2.25. The zero-order valence-electron chi connectivity index (χ0n) is 10.4. The second-order valence-electron chi connectivity index (χ2n) is 4.41. The summed E-state index contributed by atoms with van der Waals surface area (Å²) >= 11 is 0. The maximum Gasteiger partial charge on any atom is 0.0626 e. The Morgan fingerprint density at radius 1 is 1.35 bits per heavy atom. The fourth-order valence-corrected chi connectivity index (χ4v) is 1.86. The van der Waals surface area contributed by atoms with Crippen LogP contribution in [0.5, 0.6) is 0 Å². The van der Waals surface area contributed by atoms with Gasteiger partial charge in [0.1, 0.15) is 0 Å².